The summed E-state index contributed by atoms with van der Waals surface area (Å²) in [5, 5.41) is 14.3. The fourth-order valence-electron chi connectivity index (χ4n) is 2.02. The van der Waals surface area contributed by atoms with E-state index in [0.717, 1.165) is 5.75 Å². The van der Waals surface area contributed by atoms with Crippen molar-refractivity contribution in [3.05, 3.63) is 0 Å². The van der Waals surface area contributed by atoms with Gasteiger partial charge in [0.15, 0.2) is 0 Å². The van der Waals surface area contributed by atoms with Gasteiger partial charge in [0.2, 0.25) is 11.8 Å². The number of nitrogens with one attached hydrogen (secondary N) is 2. The Morgan fingerprint density at radius 2 is 2.29 bits per heavy atom. The second-order valence-electron chi connectivity index (χ2n) is 4.34. The molecule has 1 unspecified atom stereocenters. The highest BCUT2D eigenvalue weighted by molar-refractivity contribution is 7.99. The molecule has 0 aliphatic carbocycles. The lowest BCUT2D eigenvalue weighted by molar-refractivity contribution is -0.146. The summed E-state index contributed by atoms with van der Waals surface area (Å²) in [6, 6.07) is -0.579. The van der Waals surface area contributed by atoms with Crippen molar-refractivity contribution in [1.82, 2.24) is 10.6 Å². The first-order valence-corrected chi connectivity index (χ1v) is 6.61. The summed E-state index contributed by atoms with van der Waals surface area (Å²) in [5.74, 6) is -0.436. The van der Waals surface area contributed by atoms with Gasteiger partial charge in [-0.15, -0.1) is 0 Å². The third-order valence-electron chi connectivity index (χ3n) is 3.11. The average molecular weight is 258 g/mol. The van der Waals surface area contributed by atoms with Gasteiger partial charge in [0.25, 0.3) is 0 Å². The molecule has 3 N–H and O–H groups in total. The fourth-order valence-corrected chi connectivity index (χ4v) is 3.34. The van der Waals surface area contributed by atoms with Crippen molar-refractivity contribution >= 4 is 29.5 Å². The molecule has 0 bridgehead atoms. The second kappa shape index (κ2) is 4.56. The second-order valence-corrected chi connectivity index (χ2v) is 5.44. The Hall–Kier alpha value is -1.24. The van der Waals surface area contributed by atoms with Crippen LogP contribution in [0, 0.1) is 0 Å². The van der Waals surface area contributed by atoms with Crippen LogP contribution in [0.25, 0.3) is 0 Å². The molecule has 2 saturated heterocycles. The van der Waals surface area contributed by atoms with E-state index in [2.05, 4.69) is 10.6 Å². The Labute approximate surface area is 103 Å². The Bertz CT molecular complexity index is 365. The molecule has 2 rings (SSSR count). The molecule has 2 heterocycles. The van der Waals surface area contributed by atoms with Crippen molar-refractivity contribution < 1.29 is 19.5 Å². The predicted octanol–water partition coefficient (Wildman–Crippen LogP) is -0.658. The van der Waals surface area contributed by atoms with E-state index in [9.17, 15) is 19.5 Å². The van der Waals surface area contributed by atoms with E-state index >= 15 is 0 Å². The van der Waals surface area contributed by atoms with Gasteiger partial charge in [-0.2, -0.15) is 11.8 Å². The zero-order valence-electron chi connectivity index (χ0n) is 9.19. The molecule has 17 heavy (non-hydrogen) atoms. The molecule has 2 aliphatic rings. The molecule has 0 saturated carbocycles. The molecular weight excluding hydrogens is 244 g/mol. The summed E-state index contributed by atoms with van der Waals surface area (Å²) in [6.45, 7) is 0. The smallest absolute Gasteiger partial charge is 0.330 e. The summed E-state index contributed by atoms with van der Waals surface area (Å²) in [4.78, 5) is 34.1. The Morgan fingerprint density at radius 3 is 2.76 bits per heavy atom. The van der Waals surface area contributed by atoms with Crippen molar-refractivity contribution in [3.8, 4) is 0 Å². The third-order valence-corrected chi connectivity index (χ3v) is 4.30. The van der Waals surface area contributed by atoms with Crippen molar-refractivity contribution in [3.63, 3.8) is 0 Å². The number of carboxylic acid groups (broad SMARTS) is 1. The molecule has 0 aromatic rings. The topological polar surface area (TPSA) is 95.5 Å². The molecule has 0 spiro atoms. The number of rotatable bonds is 3. The molecule has 0 aromatic heterocycles. The molecule has 2 atom stereocenters. The van der Waals surface area contributed by atoms with E-state index in [0.29, 0.717) is 25.0 Å². The number of aliphatic carboxylic acids is 1. The number of carbonyl (C=O) groups is 3. The highest BCUT2D eigenvalue weighted by atomic mass is 32.2. The maximum atomic E-state index is 11.9. The van der Waals surface area contributed by atoms with Crippen LogP contribution in [-0.2, 0) is 14.4 Å². The van der Waals surface area contributed by atoms with Gasteiger partial charge in [-0.05, 0) is 18.6 Å². The minimum absolute atomic E-state index is 0.157. The number of carboxylic acids is 1. The molecular formula is C10H14N2O4S. The van der Waals surface area contributed by atoms with Crippen LogP contribution < -0.4 is 10.6 Å². The zero-order chi connectivity index (χ0) is 12.5. The molecule has 6 nitrogen and oxygen atoms in total. The van der Waals surface area contributed by atoms with Gasteiger partial charge in [-0.1, -0.05) is 0 Å². The largest absolute Gasteiger partial charge is 0.479 e. The average Bonchev–Trinajstić information content (AvgIpc) is 2.87. The monoisotopic (exact) mass is 258 g/mol. The number of carbonyl (C=O) groups excluding carboxylic acids is 2. The maximum Gasteiger partial charge on any atom is 0.330 e. The van der Waals surface area contributed by atoms with E-state index in [1.54, 1.807) is 0 Å². The van der Waals surface area contributed by atoms with Gasteiger partial charge in [-0.25, -0.2) is 4.79 Å². The third kappa shape index (κ3) is 2.38. The van der Waals surface area contributed by atoms with E-state index < -0.39 is 17.6 Å². The van der Waals surface area contributed by atoms with Crippen LogP contribution in [0.4, 0.5) is 0 Å². The minimum atomic E-state index is -1.16. The molecule has 2 amide bonds. The molecule has 2 fully saturated rings. The van der Waals surface area contributed by atoms with Crippen molar-refractivity contribution in [2.75, 3.05) is 11.5 Å². The normalized spacial score (nSPS) is 32.2. The first-order chi connectivity index (χ1) is 8.03. The standard InChI is InChI=1S/C10H14N2O4S/c13-7-2-1-6(11-7)8(14)12-10(9(15)16)3-4-17-5-10/h6H,1-5H2,(H,11,13)(H,12,14)(H,15,16)/t6-,10?/m1/s1. The van der Waals surface area contributed by atoms with Crippen LogP contribution in [0.3, 0.4) is 0 Å². The fraction of sp³-hybridized carbons (Fsp3) is 0.700. The van der Waals surface area contributed by atoms with Gasteiger partial charge in [0, 0.05) is 12.2 Å². The van der Waals surface area contributed by atoms with Gasteiger partial charge < -0.3 is 15.7 Å². The zero-order valence-corrected chi connectivity index (χ0v) is 10.0. The number of amides is 2. The van der Waals surface area contributed by atoms with Crippen LogP contribution >= 0.6 is 11.8 Å². The predicted molar refractivity (Wildman–Crippen MR) is 61.6 cm³/mol. The number of hydrogen-bond acceptors (Lipinski definition) is 4. The molecule has 0 radical (unpaired) electrons. The molecule has 7 heteroatoms. The van der Waals surface area contributed by atoms with Crippen molar-refractivity contribution in [1.29, 1.82) is 0 Å². The SMILES string of the molecule is O=C1CC[C@H](C(=O)NC2(C(=O)O)CCSC2)N1. The highest BCUT2D eigenvalue weighted by Gasteiger charge is 2.44. The van der Waals surface area contributed by atoms with Crippen LogP contribution in [0.5, 0.6) is 0 Å². The maximum absolute atomic E-state index is 11.9. The molecule has 0 aromatic carbocycles. The van der Waals surface area contributed by atoms with Crippen molar-refractivity contribution in [2.24, 2.45) is 0 Å². The van der Waals surface area contributed by atoms with E-state index in [4.69, 9.17) is 0 Å². The number of thioether (sulfide) groups is 1. The van der Waals surface area contributed by atoms with E-state index in [-0.39, 0.29) is 11.8 Å². The minimum Gasteiger partial charge on any atom is -0.479 e. The first-order valence-electron chi connectivity index (χ1n) is 5.46. The first kappa shape index (κ1) is 12.2. The van der Waals surface area contributed by atoms with Gasteiger partial charge in [0.05, 0.1) is 0 Å². The Balaban J connectivity index is 2.01. The Kier molecular flexibility index (Phi) is 3.28. The van der Waals surface area contributed by atoms with Crippen LogP contribution in [0.2, 0.25) is 0 Å². The molecule has 94 valence electrons. The van der Waals surface area contributed by atoms with E-state index in [1.165, 1.54) is 11.8 Å². The van der Waals surface area contributed by atoms with Crippen LogP contribution in [0.15, 0.2) is 0 Å². The van der Waals surface area contributed by atoms with Gasteiger partial charge in [0.1, 0.15) is 11.6 Å². The van der Waals surface area contributed by atoms with Crippen LogP contribution in [-0.4, -0.2) is 46.0 Å². The highest BCUT2D eigenvalue weighted by Crippen LogP contribution is 2.28. The lowest BCUT2D eigenvalue weighted by Crippen LogP contribution is -2.58. The number of hydrogen-bond donors (Lipinski definition) is 3. The summed E-state index contributed by atoms with van der Waals surface area (Å²) in [6.07, 6.45) is 1.19. The molecule has 2 aliphatic heterocycles. The summed E-state index contributed by atoms with van der Waals surface area (Å²) in [7, 11) is 0. The lowest BCUT2D eigenvalue weighted by atomic mass is 9.98. The van der Waals surface area contributed by atoms with E-state index in [1.807, 2.05) is 0 Å². The van der Waals surface area contributed by atoms with Crippen molar-refractivity contribution in [2.45, 2.75) is 30.8 Å². The lowest BCUT2D eigenvalue weighted by Gasteiger charge is -2.26. The summed E-state index contributed by atoms with van der Waals surface area (Å²) >= 11 is 1.51. The van der Waals surface area contributed by atoms with Crippen LogP contribution in [0.1, 0.15) is 19.3 Å². The van der Waals surface area contributed by atoms with Gasteiger partial charge >= 0.3 is 5.97 Å². The van der Waals surface area contributed by atoms with Gasteiger partial charge in [-0.3, -0.25) is 9.59 Å². The quantitative estimate of drug-likeness (QED) is 0.624. The summed E-state index contributed by atoms with van der Waals surface area (Å²) in [5.41, 5.74) is -1.16. The summed E-state index contributed by atoms with van der Waals surface area (Å²) < 4.78 is 0. The Morgan fingerprint density at radius 1 is 1.53 bits per heavy atom.